The quantitative estimate of drug-likeness (QED) is 0.814. The number of hydrogen-bond donors (Lipinski definition) is 1. The third-order valence-electron chi connectivity index (χ3n) is 3.06. The van der Waals surface area contributed by atoms with Gasteiger partial charge >= 0.3 is 0 Å². The summed E-state index contributed by atoms with van der Waals surface area (Å²) in [4.78, 5) is 0. The Morgan fingerprint density at radius 2 is 2.19 bits per heavy atom. The molecule has 1 aromatic carbocycles. The van der Waals surface area contributed by atoms with Crippen LogP contribution in [0.3, 0.4) is 0 Å². The van der Waals surface area contributed by atoms with E-state index in [1.54, 1.807) is 0 Å². The van der Waals surface area contributed by atoms with Gasteiger partial charge in [-0.05, 0) is 50.3 Å². The molecule has 2 nitrogen and oxygen atoms in total. The second kappa shape index (κ2) is 5.24. The fraction of sp³-hybridized carbons (Fsp3) is 0.571. The standard InChI is InChI=1S/C14H21NO/c1-3-9-16-14-10-11(2)7-8-13(14)15-12-5-4-6-12/h7-8,10,12,15H,3-6,9H2,1-2H3. The van der Waals surface area contributed by atoms with Crippen LogP contribution in [0.5, 0.6) is 5.75 Å². The lowest BCUT2D eigenvalue weighted by Crippen LogP contribution is -2.27. The van der Waals surface area contributed by atoms with Crippen molar-refractivity contribution in [1.82, 2.24) is 0 Å². The number of aryl methyl sites for hydroxylation is 1. The van der Waals surface area contributed by atoms with E-state index in [2.05, 4.69) is 37.4 Å². The van der Waals surface area contributed by atoms with Gasteiger partial charge in [0.1, 0.15) is 5.75 Å². The van der Waals surface area contributed by atoms with Gasteiger partial charge in [0.05, 0.1) is 12.3 Å². The monoisotopic (exact) mass is 219 g/mol. The molecule has 1 fully saturated rings. The molecule has 0 radical (unpaired) electrons. The molecule has 1 aliphatic carbocycles. The highest BCUT2D eigenvalue weighted by atomic mass is 16.5. The maximum absolute atomic E-state index is 5.77. The van der Waals surface area contributed by atoms with E-state index in [4.69, 9.17) is 4.74 Å². The Labute approximate surface area is 98.0 Å². The van der Waals surface area contributed by atoms with Gasteiger partial charge in [-0.1, -0.05) is 13.0 Å². The Bertz CT molecular complexity index is 345. The van der Waals surface area contributed by atoms with Crippen LogP contribution in [0.25, 0.3) is 0 Å². The first-order valence-electron chi connectivity index (χ1n) is 6.29. The zero-order valence-corrected chi connectivity index (χ0v) is 10.3. The van der Waals surface area contributed by atoms with E-state index < -0.39 is 0 Å². The average Bonchev–Trinajstić information content (AvgIpc) is 2.22. The van der Waals surface area contributed by atoms with Crippen molar-refractivity contribution < 1.29 is 4.74 Å². The molecule has 0 aromatic heterocycles. The molecule has 1 saturated carbocycles. The van der Waals surface area contributed by atoms with Crippen molar-refractivity contribution in [3.05, 3.63) is 23.8 Å². The van der Waals surface area contributed by atoms with Crippen LogP contribution in [-0.2, 0) is 0 Å². The summed E-state index contributed by atoms with van der Waals surface area (Å²) in [5, 5.41) is 3.56. The summed E-state index contributed by atoms with van der Waals surface area (Å²) in [5.74, 6) is 1.01. The second-order valence-electron chi connectivity index (χ2n) is 4.62. The van der Waals surface area contributed by atoms with Gasteiger partial charge in [0.2, 0.25) is 0 Å². The van der Waals surface area contributed by atoms with Crippen LogP contribution < -0.4 is 10.1 Å². The lowest BCUT2D eigenvalue weighted by molar-refractivity contribution is 0.317. The molecule has 0 unspecified atom stereocenters. The summed E-state index contributed by atoms with van der Waals surface area (Å²) in [5.41, 5.74) is 2.41. The van der Waals surface area contributed by atoms with Gasteiger partial charge in [-0.25, -0.2) is 0 Å². The van der Waals surface area contributed by atoms with Crippen molar-refractivity contribution in [2.24, 2.45) is 0 Å². The number of anilines is 1. The maximum Gasteiger partial charge on any atom is 0.142 e. The highest BCUT2D eigenvalue weighted by Crippen LogP contribution is 2.30. The van der Waals surface area contributed by atoms with E-state index in [1.165, 1.54) is 24.8 Å². The minimum atomic E-state index is 0.659. The zero-order valence-electron chi connectivity index (χ0n) is 10.3. The van der Waals surface area contributed by atoms with Gasteiger partial charge in [0.25, 0.3) is 0 Å². The van der Waals surface area contributed by atoms with Crippen LogP contribution in [0.15, 0.2) is 18.2 Å². The molecule has 0 heterocycles. The van der Waals surface area contributed by atoms with Crippen LogP contribution in [-0.4, -0.2) is 12.6 Å². The van der Waals surface area contributed by atoms with Crippen molar-refractivity contribution >= 4 is 5.69 Å². The minimum Gasteiger partial charge on any atom is -0.491 e. The van der Waals surface area contributed by atoms with Crippen LogP contribution in [0.2, 0.25) is 0 Å². The molecule has 0 spiro atoms. The summed E-state index contributed by atoms with van der Waals surface area (Å²) in [7, 11) is 0. The fourth-order valence-corrected chi connectivity index (χ4v) is 1.85. The first kappa shape index (κ1) is 11.3. The molecule has 0 atom stereocenters. The van der Waals surface area contributed by atoms with Crippen molar-refractivity contribution in [3.63, 3.8) is 0 Å². The predicted molar refractivity (Wildman–Crippen MR) is 68.2 cm³/mol. The van der Waals surface area contributed by atoms with Crippen LogP contribution in [0.1, 0.15) is 38.2 Å². The number of nitrogens with one attached hydrogen (secondary N) is 1. The summed E-state index contributed by atoms with van der Waals surface area (Å²) in [6.07, 6.45) is 4.99. The van der Waals surface area contributed by atoms with Crippen molar-refractivity contribution in [2.45, 2.75) is 45.6 Å². The molecule has 16 heavy (non-hydrogen) atoms. The lowest BCUT2D eigenvalue weighted by Gasteiger charge is -2.28. The average molecular weight is 219 g/mol. The molecule has 1 aliphatic rings. The number of benzene rings is 1. The van der Waals surface area contributed by atoms with Gasteiger partial charge in [0.15, 0.2) is 0 Å². The molecule has 88 valence electrons. The van der Waals surface area contributed by atoms with Crippen molar-refractivity contribution in [1.29, 1.82) is 0 Å². The highest BCUT2D eigenvalue weighted by molar-refractivity contribution is 5.58. The highest BCUT2D eigenvalue weighted by Gasteiger charge is 2.18. The van der Waals surface area contributed by atoms with E-state index in [0.717, 1.165) is 24.5 Å². The molecule has 1 aromatic rings. The Balaban J connectivity index is 2.07. The molecular formula is C14H21NO. The second-order valence-corrected chi connectivity index (χ2v) is 4.62. The Kier molecular flexibility index (Phi) is 3.70. The molecule has 0 saturated heterocycles. The fourth-order valence-electron chi connectivity index (χ4n) is 1.85. The molecular weight excluding hydrogens is 198 g/mol. The van der Waals surface area contributed by atoms with Crippen molar-refractivity contribution in [2.75, 3.05) is 11.9 Å². The SMILES string of the molecule is CCCOc1cc(C)ccc1NC1CCC1. The molecule has 2 heteroatoms. The smallest absolute Gasteiger partial charge is 0.142 e. The van der Waals surface area contributed by atoms with Gasteiger partial charge in [-0.3, -0.25) is 0 Å². The maximum atomic E-state index is 5.77. The van der Waals surface area contributed by atoms with Gasteiger partial charge in [-0.15, -0.1) is 0 Å². The molecule has 0 aliphatic heterocycles. The largest absolute Gasteiger partial charge is 0.491 e. The van der Waals surface area contributed by atoms with Gasteiger partial charge in [0, 0.05) is 6.04 Å². The van der Waals surface area contributed by atoms with Crippen LogP contribution in [0, 0.1) is 6.92 Å². The van der Waals surface area contributed by atoms with E-state index in [9.17, 15) is 0 Å². The Morgan fingerprint density at radius 1 is 1.38 bits per heavy atom. The Hall–Kier alpha value is -1.18. The normalized spacial score (nSPS) is 15.6. The number of hydrogen-bond acceptors (Lipinski definition) is 2. The van der Waals surface area contributed by atoms with Gasteiger partial charge in [-0.2, -0.15) is 0 Å². The first-order chi connectivity index (χ1) is 7.79. The lowest BCUT2D eigenvalue weighted by atomic mass is 9.93. The third-order valence-corrected chi connectivity index (χ3v) is 3.06. The van der Waals surface area contributed by atoms with Crippen molar-refractivity contribution in [3.8, 4) is 5.75 Å². The summed E-state index contributed by atoms with van der Waals surface area (Å²) in [6, 6.07) is 7.06. The van der Waals surface area contributed by atoms with E-state index in [-0.39, 0.29) is 0 Å². The van der Waals surface area contributed by atoms with Crippen LogP contribution >= 0.6 is 0 Å². The van der Waals surface area contributed by atoms with E-state index in [0.29, 0.717) is 6.04 Å². The molecule has 0 bridgehead atoms. The van der Waals surface area contributed by atoms with Gasteiger partial charge < -0.3 is 10.1 Å². The predicted octanol–water partition coefficient (Wildman–Crippen LogP) is 3.75. The first-order valence-corrected chi connectivity index (χ1v) is 6.29. The number of rotatable bonds is 5. The van der Waals surface area contributed by atoms with E-state index >= 15 is 0 Å². The summed E-state index contributed by atoms with van der Waals surface area (Å²) >= 11 is 0. The zero-order chi connectivity index (χ0) is 11.4. The molecule has 2 rings (SSSR count). The Morgan fingerprint density at radius 3 is 2.81 bits per heavy atom. The molecule has 1 N–H and O–H groups in total. The third kappa shape index (κ3) is 2.69. The minimum absolute atomic E-state index is 0.659. The topological polar surface area (TPSA) is 21.3 Å². The van der Waals surface area contributed by atoms with Crippen LogP contribution in [0.4, 0.5) is 5.69 Å². The van der Waals surface area contributed by atoms with E-state index in [1.807, 2.05) is 0 Å². The summed E-state index contributed by atoms with van der Waals surface area (Å²) < 4.78 is 5.77. The molecule has 0 amide bonds. The number of ether oxygens (including phenoxy) is 1. The summed E-state index contributed by atoms with van der Waals surface area (Å²) in [6.45, 7) is 5.03.